The van der Waals surface area contributed by atoms with E-state index in [1.807, 2.05) is 0 Å². The predicted octanol–water partition coefficient (Wildman–Crippen LogP) is 1.06. The minimum atomic E-state index is -0.336. The summed E-state index contributed by atoms with van der Waals surface area (Å²) in [7, 11) is 0. The van der Waals surface area contributed by atoms with Crippen molar-refractivity contribution in [1.82, 2.24) is 0 Å². The van der Waals surface area contributed by atoms with Gasteiger partial charge in [-0.1, -0.05) is 6.58 Å². The topological polar surface area (TPSA) is 26.0 Å². The number of hydrogen-bond donors (Lipinski definition) is 1. The van der Waals surface area contributed by atoms with Crippen molar-refractivity contribution in [1.29, 1.82) is 0 Å². The molecule has 0 fully saturated rings. The first-order valence-corrected chi connectivity index (χ1v) is 1.80. The zero-order valence-electron chi connectivity index (χ0n) is 3.58. The van der Waals surface area contributed by atoms with Crippen LogP contribution in [-0.2, 0) is 0 Å². The van der Waals surface area contributed by atoms with Gasteiger partial charge in [-0.15, -0.1) is 0 Å². The third kappa shape index (κ3) is 3.63. The Kier molecular flexibility index (Phi) is 2.67. The van der Waals surface area contributed by atoms with Crippen LogP contribution in [0.2, 0.25) is 0 Å². The fourth-order valence-electron chi connectivity index (χ4n) is 0.157. The predicted molar refractivity (Wildman–Crippen MR) is 26.0 cm³/mol. The van der Waals surface area contributed by atoms with Crippen LogP contribution < -0.4 is 5.73 Å². The molecule has 0 aliphatic heterocycles. The first-order chi connectivity index (χ1) is 2.77. The lowest BCUT2D eigenvalue weighted by Crippen LogP contribution is -1.96. The van der Waals surface area contributed by atoms with E-state index in [-0.39, 0.29) is 7.25 Å². The highest BCUT2D eigenvalue weighted by atomic mass is 19.1. The van der Waals surface area contributed by atoms with Crippen molar-refractivity contribution in [3.63, 3.8) is 0 Å². The summed E-state index contributed by atoms with van der Waals surface area (Å²) in [6.45, 7) is 3.35. The molecule has 0 heterocycles. The largest absolute Gasteiger partial charge is 0.330 e. The standard InChI is InChI=1S/C4H8FN.H2/c1-4(5)2-3-6;/h1-3,6H2;1H. The van der Waals surface area contributed by atoms with Crippen LogP contribution in [0.4, 0.5) is 4.39 Å². The summed E-state index contributed by atoms with van der Waals surface area (Å²) < 4.78 is 11.4. The smallest absolute Gasteiger partial charge is 0.0940 e. The summed E-state index contributed by atoms with van der Waals surface area (Å²) in [6.07, 6.45) is 0.292. The summed E-state index contributed by atoms with van der Waals surface area (Å²) in [5.41, 5.74) is 4.93. The van der Waals surface area contributed by atoms with Crippen LogP contribution in [0.1, 0.15) is 7.85 Å². The van der Waals surface area contributed by atoms with E-state index in [2.05, 4.69) is 6.58 Å². The second-order valence-corrected chi connectivity index (χ2v) is 1.06. The average Bonchev–Trinajstić information content (AvgIpc) is 1.35. The molecule has 0 atom stereocenters. The molecule has 6 heavy (non-hydrogen) atoms. The Balaban J connectivity index is 0. The van der Waals surface area contributed by atoms with Gasteiger partial charge in [0, 0.05) is 7.85 Å². The number of rotatable bonds is 2. The molecule has 0 aliphatic carbocycles. The van der Waals surface area contributed by atoms with E-state index in [1.165, 1.54) is 0 Å². The van der Waals surface area contributed by atoms with Crippen LogP contribution >= 0.6 is 0 Å². The number of nitrogens with two attached hydrogens (primary N) is 1. The zero-order valence-corrected chi connectivity index (χ0v) is 3.58. The SMILES string of the molecule is C=C(F)CCN.[HH]. The average molecular weight is 91.1 g/mol. The van der Waals surface area contributed by atoms with Gasteiger partial charge < -0.3 is 5.73 Å². The summed E-state index contributed by atoms with van der Waals surface area (Å²) in [4.78, 5) is 0. The highest BCUT2D eigenvalue weighted by Gasteiger charge is 1.81. The molecule has 0 saturated carbocycles. The zero-order chi connectivity index (χ0) is 4.99. The van der Waals surface area contributed by atoms with Gasteiger partial charge in [-0.25, -0.2) is 4.39 Å². The van der Waals surface area contributed by atoms with E-state index >= 15 is 0 Å². The number of hydrogen-bond acceptors (Lipinski definition) is 1. The first-order valence-electron chi connectivity index (χ1n) is 1.80. The van der Waals surface area contributed by atoms with E-state index in [9.17, 15) is 4.39 Å². The molecule has 0 bridgehead atoms. The second kappa shape index (κ2) is 2.85. The van der Waals surface area contributed by atoms with Gasteiger partial charge in [0.2, 0.25) is 0 Å². The highest BCUT2D eigenvalue weighted by Crippen LogP contribution is 1.93. The Morgan fingerprint density at radius 2 is 2.50 bits per heavy atom. The second-order valence-electron chi connectivity index (χ2n) is 1.06. The first kappa shape index (κ1) is 5.63. The van der Waals surface area contributed by atoms with Crippen molar-refractivity contribution < 1.29 is 5.82 Å². The van der Waals surface area contributed by atoms with Crippen LogP contribution in [0.5, 0.6) is 0 Å². The van der Waals surface area contributed by atoms with Crippen molar-refractivity contribution in [2.24, 2.45) is 5.73 Å². The molecule has 0 spiro atoms. The van der Waals surface area contributed by atoms with E-state index in [0.717, 1.165) is 0 Å². The maximum Gasteiger partial charge on any atom is 0.0940 e. The molecule has 0 radical (unpaired) electrons. The van der Waals surface area contributed by atoms with Gasteiger partial charge in [0.25, 0.3) is 0 Å². The minimum absolute atomic E-state index is 0. The lowest BCUT2D eigenvalue weighted by atomic mass is 10.4. The maximum atomic E-state index is 11.4. The Bertz CT molecular complexity index is 55.7. The molecule has 0 aromatic carbocycles. The fourth-order valence-corrected chi connectivity index (χ4v) is 0.157. The van der Waals surface area contributed by atoms with Crippen LogP contribution in [0, 0.1) is 0 Å². The fraction of sp³-hybridized carbons (Fsp3) is 0.500. The monoisotopic (exact) mass is 91.1 g/mol. The molecule has 2 heteroatoms. The quantitative estimate of drug-likeness (QED) is 0.540. The van der Waals surface area contributed by atoms with Crippen LogP contribution in [0.25, 0.3) is 0 Å². The molecule has 0 unspecified atom stereocenters. The molecule has 0 aromatic rings. The lowest BCUT2D eigenvalue weighted by Gasteiger charge is -1.83. The van der Waals surface area contributed by atoms with Gasteiger partial charge in [-0.05, 0) is 6.54 Å². The van der Waals surface area contributed by atoms with E-state index in [1.54, 1.807) is 0 Å². The molecular weight excluding hydrogens is 81.0 g/mol. The third-order valence-electron chi connectivity index (χ3n) is 0.416. The Labute approximate surface area is 38.1 Å². The van der Waals surface area contributed by atoms with E-state index in [4.69, 9.17) is 5.73 Å². The molecular formula is C4H10FN. The van der Waals surface area contributed by atoms with Gasteiger partial charge >= 0.3 is 0 Å². The lowest BCUT2D eigenvalue weighted by molar-refractivity contribution is 0.597. The molecule has 0 aromatic heterocycles. The molecule has 0 saturated heterocycles. The van der Waals surface area contributed by atoms with Gasteiger partial charge in [-0.3, -0.25) is 0 Å². The van der Waals surface area contributed by atoms with Crippen LogP contribution in [0.15, 0.2) is 12.4 Å². The van der Waals surface area contributed by atoms with E-state index in [0.29, 0.717) is 13.0 Å². The third-order valence-corrected chi connectivity index (χ3v) is 0.416. The molecule has 2 N–H and O–H groups in total. The highest BCUT2D eigenvalue weighted by molar-refractivity contribution is 4.78. The van der Waals surface area contributed by atoms with Crippen molar-refractivity contribution in [2.45, 2.75) is 6.42 Å². The molecule has 38 valence electrons. The molecule has 0 rings (SSSR count). The van der Waals surface area contributed by atoms with Crippen LogP contribution in [0.3, 0.4) is 0 Å². The van der Waals surface area contributed by atoms with Crippen molar-refractivity contribution in [2.75, 3.05) is 6.54 Å². The van der Waals surface area contributed by atoms with Gasteiger partial charge in [0.05, 0.1) is 5.83 Å². The Hall–Kier alpha value is -0.370. The van der Waals surface area contributed by atoms with Gasteiger partial charge in [0.15, 0.2) is 0 Å². The maximum absolute atomic E-state index is 11.4. The molecule has 1 nitrogen and oxygen atoms in total. The van der Waals surface area contributed by atoms with Crippen molar-refractivity contribution >= 4 is 0 Å². The van der Waals surface area contributed by atoms with Gasteiger partial charge in [-0.2, -0.15) is 0 Å². The Morgan fingerprint density at radius 1 is 2.00 bits per heavy atom. The minimum Gasteiger partial charge on any atom is -0.330 e. The van der Waals surface area contributed by atoms with E-state index < -0.39 is 0 Å². The summed E-state index contributed by atoms with van der Waals surface area (Å²) in [6, 6.07) is 0. The summed E-state index contributed by atoms with van der Waals surface area (Å²) >= 11 is 0. The van der Waals surface area contributed by atoms with Crippen LogP contribution in [-0.4, -0.2) is 6.54 Å². The number of halogens is 1. The van der Waals surface area contributed by atoms with Gasteiger partial charge in [0.1, 0.15) is 0 Å². The molecule has 0 amide bonds. The van der Waals surface area contributed by atoms with Crippen molar-refractivity contribution in [3.8, 4) is 0 Å². The molecule has 0 aliphatic rings. The van der Waals surface area contributed by atoms with Crippen molar-refractivity contribution in [3.05, 3.63) is 12.4 Å². The Morgan fingerprint density at radius 3 is 2.50 bits per heavy atom. The normalized spacial score (nSPS) is 8.33. The summed E-state index contributed by atoms with van der Waals surface area (Å²) in [5.74, 6) is -0.336. The summed E-state index contributed by atoms with van der Waals surface area (Å²) in [5, 5.41) is 0.